The van der Waals surface area contributed by atoms with Gasteiger partial charge in [-0.05, 0) is 29.9 Å². The lowest BCUT2D eigenvalue weighted by Gasteiger charge is -2.14. The summed E-state index contributed by atoms with van der Waals surface area (Å²) in [4.78, 5) is 27.2. The molecule has 186 valence electrons. The minimum atomic E-state index is -2.97. The maximum Gasteiger partial charge on any atom is 0.388 e. The van der Waals surface area contributed by atoms with Gasteiger partial charge in [-0.1, -0.05) is 17.7 Å². The number of nitro groups is 1. The average molecular weight is 543 g/mol. The van der Waals surface area contributed by atoms with E-state index in [4.69, 9.17) is 20.6 Å². The Morgan fingerprint density at radius 1 is 1.45 bits per heavy atom. The van der Waals surface area contributed by atoms with Gasteiger partial charge >= 0.3 is 6.80 Å². The number of hydrogen-bond acceptors (Lipinski definition) is 9. The Kier molecular flexibility index (Phi) is 13.7. The van der Waals surface area contributed by atoms with Gasteiger partial charge in [0, 0.05) is 58.6 Å². The maximum atomic E-state index is 11.6. The van der Waals surface area contributed by atoms with Gasteiger partial charge in [0.05, 0.1) is 5.25 Å². The molecule has 0 saturated carbocycles. The number of guanidine groups is 1. The molecule has 1 saturated heterocycles. The third kappa shape index (κ3) is 11.4. The van der Waals surface area contributed by atoms with E-state index in [1.54, 1.807) is 24.2 Å². The Labute approximate surface area is 206 Å². The summed E-state index contributed by atoms with van der Waals surface area (Å²) in [5, 5.41) is 18.6. The number of rotatable bonds is 11. The van der Waals surface area contributed by atoms with Crippen molar-refractivity contribution >= 4 is 53.4 Å². The lowest BCUT2D eigenvalue weighted by atomic mass is 10.3. The van der Waals surface area contributed by atoms with E-state index >= 15 is 0 Å². The molecule has 1 fully saturated rings. The smallest absolute Gasteiger partial charge is 0.358 e. The Morgan fingerprint density at radius 3 is 2.70 bits per heavy atom. The van der Waals surface area contributed by atoms with Crippen LogP contribution >= 0.6 is 41.5 Å². The number of halogens is 1. The first-order valence-electron chi connectivity index (χ1n) is 9.65. The summed E-state index contributed by atoms with van der Waals surface area (Å²) in [5.74, 6) is 1.61. The molecular formula is C17H28ClN6O6PS2. The van der Waals surface area contributed by atoms with E-state index < -0.39 is 11.8 Å². The summed E-state index contributed by atoms with van der Waals surface area (Å²) in [6.45, 7) is 0.705. The molecule has 1 amide bonds. The van der Waals surface area contributed by atoms with Crippen molar-refractivity contribution in [3.63, 3.8) is 0 Å². The Hall–Kier alpha value is -1.57. The second-order valence-corrected chi connectivity index (χ2v) is 12.5. The lowest BCUT2D eigenvalue weighted by Crippen LogP contribution is -2.30. The number of nitrogens with one attached hydrogen (secondary N) is 2. The van der Waals surface area contributed by atoms with Crippen LogP contribution in [0.5, 0.6) is 0 Å². The number of amides is 1. The fourth-order valence-electron chi connectivity index (χ4n) is 2.40. The molecule has 1 aromatic rings. The van der Waals surface area contributed by atoms with Crippen molar-refractivity contribution in [3.8, 4) is 0 Å². The molecule has 12 nitrogen and oxygen atoms in total. The first-order valence-corrected chi connectivity index (χ1v) is 14.2. The zero-order chi connectivity index (χ0) is 24.9. The van der Waals surface area contributed by atoms with Gasteiger partial charge < -0.3 is 24.6 Å². The van der Waals surface area contributed by atoms with Gasteiger partial charge in [-0.25, -0.2) is 19.7 Å². The van der Waals surface area contributed by atoms with Crippen molar-refractivity contribution in [3.05, 3.63) is 39.2 Å². The van der Waals surface area contributed by atoms with Crippen molar-refractivity contribution in [2.45, 2.75) is 18.7 Å². The third-order valence-corrected chi connectivity index (χ3v) is 9.69. The van der Waals surface area contributed by atoms with Gasteiger partial charge in [0.15, 0.2) is 5.03 Å². The molecule has 2 rings (SSSR count). The van der Waals surface area contributed by atoms with Crippen LogP contribution in [0, 0.1) is 10.1 Å². The first-order chi connectivity index (χ1) is 15.6. The number of hydrazone groups is 1. The minimum absolute atomic E-state index is 0.00309. The fraction of sp³-hybridized carbons (Fsp3) is 0.588. The average Bonchev–Trinajstić information content (AvgIpc) is 3.23. The van der Waals surface area contributed by atoms with Crippen LogP contribution in [0.3, 0.4) is 0 Å². The summed E-state index contributed by atoms with van der Waals surface area (Å²) in [7, 11) is 4.33. The van der Waals surface area contributed by atoms with Gasteiger partial charge in [-0.3, -0.25) is 4.79 Å². The van der Waals surface area contributed by atoms with E-state index in [2.05, 4.69) is 20.7 Å². The highest BCUT2D eigenvalue weighted by molar-refractivity contribution is 8.55. The van der Waals surface area contributed by atoms with Crippen molar-refractivity contribution in [1.82, 2.24) is 20.5 Å². The van der Waals surface area contributed by atoms with Gasteiger partial charge in [0.1, 0.15) is 10.3 Å². The molecule has 33 heavy (non-hydrogen) atoms. The highest BCUT2D eigenvalue weighted by Gasteiger charge is 2.22. The SMILES string of the molecule is CNC(=O)C(C)SCCSP(=O)(OC)OC.O=[N+]([O-])/N=C1\NCCN1Cc1ccc(Cl)nc1. The summed E-state index contributed by atoms with van der Waals surface area (Å²) in [5.41, 5.74) is 0.925. The number of carbonyl (C=O) groups is 1. The van der Waals surface area contributed by atoms with Crippen LogP contribution < -0.4 is 10.6 Å². The molecule has 1 unspecified atom stereocenters. The standard InChI is InChI=1S/C9H10ClN5O2.C8H18NO4PS2/c10-8-2-1-7(5-12-8)6-14-4-3-11-9(14)13-15(16)17;1-7(8(10)9-2)15-5-6-16-14(11,12-3)13-4/h1-2,5H,3-4,6H2,(H,11,13);7H,5-6H2,1-4H3,(H,9,10). The van der Waals surface area contributed by atoms with Crippen LogP contribution in [0.15, 0.2) is 23.4 Å². The first kappa shape index (κ1) is 29.5. The van der Waals surface area contributed by atoms with Crippen LogP contribution in [-0.4, -0.2) is 77.9 Å². The highest BCUT2D eigenvalue weighted by Crippen LogP contribution is 2.59. The zero-order valence-corrected chi connectivity index (χ0v) is 22.0. The number of hydrogen-bond donors (Lipinski definition) is 2. The van der Waals surface area contributed by atoms with Crippen molar-refractivity contribution < 1.29 is 23.4 Å². The van der Waals surface area contributed by atoms with E-state index in [0.717, 1.165) is 22.7 Å². The van der Waals surface area contributed by atoms with E-state index in [9.17, 15) is 19.5 Å². The second-order valence-electron chi connectivity index (χ2n) is 6.27. The van der Waals surface area contributed by atoms with Crippen LogP contribution in [0.4, 0.5) is 0 Å². The number of aromatic nitrogens is 1. The van der Waals surface area contributed by atoms with Crippen LogP contribution in [-0.2, 0) is 25.0 Å². The largest absolute Gasteiger partial charge is 0.388 e. The lowest BCUT2D eigenvalue weighted by molar-refractivity contribution is -0.485. The molecule has 0 aliphatic carbocycles. The molecule has 16 heteroatoms. The van der Waals surface area contributed by atoms with Gasteiger partial charge in [-0.2, -0.15) is 0 Å². The molecule has 0 radical (unpaired) electrons. The number of nitrogens with zero attached hydrogens (tertiary/aromatic N) is 4. The van der Waals surface area contributed by atoms with Crippen LogP contribution in [0.25, 0.3) is 0 Å². The molecule has 1 aliphatic rings. The van der Waals surface area contributed by atoms with Crippen molar-refractivity contribution in [2.24, 2.45) is 5.10 Å². The molecule has 0 aromatic carbocycles. The summed E-state index contributed by atoms with van der Waals surface area (Å²) in [6, 6.07) is 3.52. The Balaban J connectivity index is 0.000000331. The zero-order valence-electron chi connectivity index (χ0n) is 18.7. The van der Waals surface area contributed by atoms with Crippen molar-refractivity contribution in [2.75, 3.05) is 45.9 Å². The van der Waals surface area contributed by atoms with E-state index in [-0.39, 0.29) is 17.1 Å². The molecule has 2 heterocycles. The van der Waals surface area contributed by atoms with Gasteiger partial charge in [0.25, 0.3) is 5.96 Å². The monoisotopic (exact) mass is 542 g/mol. The van der Waals surface area contributed by atoms with E-state index in [0.29, 0.717) is 30.5 Å². The van der Waals surface area contributed by atoms with Gasteiger partial charge in [-0.15, -0.1) is 11.8 Å². The van der Waals surface area contributed by atoms with E-state index in [1.165, 1.54) is 26.0 Å². The molecule has 0 spiro atoms. The minimum Gasteiger partial charge on any atom is -0.358 e. The molecular weight excluding hydrogens is 515 g/mol. The number of carbonyl (C=O) groups excluding carboxylic acids is 1. The Bertz CT molecular complexity index is 842. The maximum absolute atomic E-state index is 11.6. The van der Waals surface area contributed by atoms with Crippen molar-refractivity contribution in [1.29, 1.82) is 0 Å². The molecule has 1 atom stereocenters. The molecule has 1 aromatic heterocycles. The number of thioether (sulfide) groups is 1. The van der Waals surface area contributed by atoms with E-state index in [1.807, 2.05) is 13.0 Å². The summed E-state index contributed by atoms with van der Waals surface area (Å²) >= 11 is 8.33. The predicted molar refractivity (Wildman–Crippen MR) is 132 cm³/mol. The normalized spacial score (nSPS) is 15.4. The Morgan fingerprint density at radius 2 is 2.15 bits per heavy atom. The molecule has 1 aliphatic heterocycles. The van der Waals surface area contributed by atoms with Crippen LogP contribution in [0.1, 0.15) is 12.5 Å². The summed E-state index contributed by atoms with van der Waals surface area (Å²) in [6.07, 6.45) is 1.64. The molecule has 0 bridgehead atoms. The fourth-order valence-corrected chi connectivity index (χ4v) is 6.38. The quantitative estimate of drug-likeness (QED) is 0.140. The predicted octanol–water partition coefficient (Wildman–Crippen LogP) is 2.68. The second kappa shape index (κ2) is 15.4. The number of pyridine rings is 1. The van der Waals surface area contributed by atoms with Gasteiger partial charge in [0.2, 0.25) is 5.91 Å². The topological polar surface area (TPSA) is 148 Å². The highest BCUT2D eigenvalue weighted by atomic mass is 35.5. The third-order valence-electron chi connectivity index (χ3n) is 4.07. The molecule has 2 N–H and O–H groups in total. The summed E-state index contributed by atoms with van der Waals surface area (Å²) < 4.78 is 21.2. The van der Waals surface area contributed by atoms with Crippen LogP contribution in [0.2, 0.25) is 5.15 Å².